The van der Waals surface area contributed by atoms with Gasteiger partial charge in [-0.3, -0.25) is 0 Å². The molecule has 16 heavy (non-hydrogen) atoms. The standard InChI is InChI=1S/C11H13Cl2NOSi/c1-16(2,3)15-10(7-14)11-8(12)5-4-6-9(11)13/h4-6,10H,1-3H3/t10-/m1/s1. The Bertz CT molecular complexity index is 403. The van der Waals surface area contributed by atoms with Crippen molar-refractivity contribution in [3.8, 4) is 6.07 Å². The van der Waals surface area contributed by atoms with Crippen LogP contribution in [0.3, 0.4) is 0 Å². The van der Waals surface area contributed by atoms with E-state index in [-0.39, 0.29) is 0 Å². The van der Waals surface area contributed by atoms with E-state index < -0.39 is 14.4 Å². The molecule has 0 spiro atoms. The molecule has 0 aromatic heterocycles. The van der Waals surface area contributed by atoms with Gasteiger partial charge in [0.15, 0.2) is 14.4 Å². The number of rotatable bonds is 3. The Balaban J connectivity index is 3.11. The highest BCUT2D eigenvalue weighted by molar-refractivity contribution is 6.69. The molecule has 0 aliphatic carbocycles. The zero-order valence-electron chi connectivity index (χ0n) is 9.42. The van der Waals surface area contributed by atoms with Crippen LogP contribution in [0.5, 0.6) is 0 Å². The van der Waals surface area contributed by atoms with Crippen molar-refractivity contribution in [3.63, 3.8) is 0 Å². The number of hydrogen-bond donors (Lipinski definition) is 0. The van der Waals surface area contributed by atoms with Crippen molar-refractivity contribution in [2.75, 3.05) is 0 Å². The maximum absolute atomic E-state index is 9.12. The molecular weight excluding hydrogens is 261 g/mol. The fourth-order valence-electron chi connectivity index (χ4n) is 1.26. The van der Waals surface area contributed by atoms with Gasteiger partial charge in [-0.1, -0.05) is 29.3 Å². The molecule has 1 atom stereocenters. The van der Waals surface area contributed by atoms with Gasteiger partial charge < -0.3 is 4.43 Å². The third-order valence-corrected chi connectivity index (χ3v) is 3.45. The lowest BCUT2D eigenvalue weighted by atomic mass is 10.1. The molecule has 0 saturated heterocycles. The summed E-state index contributed by atoms with van der Waals surface area (Å²) < 4.78 is 5.74. The predicted octanol–water partition coefficient (Wildman–Crippen LogP) is 4.41. The van der Waals surface area contributed by atoms with E-state index in [0.29, 0.717) is 15.6 Å². The van der Waals surface area contributed by atoms with Gasteiger partial charge in [-0.15, -0.1) is 0 Å². The van der Waals surface area contributed by atoms with Gasteiger partial charge in [0.25, 0.3) is 0 Å². The molecular formula is C11H13Cl2NOSi. The Morgan fingerprint density at radius 2 is 1.75 bits per heavy atom. The summed E-state index contributed by atoms with van der Waals surface area (Å²) in [6, 6.07) is 7.27. The van der Waals surface area contributed by atoms with Crippen LogP contribution >= 0.6 is 23.2 Å². The molecule has 1 aromatic rings. The van der Waals surface area contributed by atoms with E-state index in [9.17, 15) is 0 Å². The number of hydrogen-bond acceptors (Lipinski definition) is 2. The third kappa shape index (κ3) is 3.50. The minimum Gasteiger partial charge on any atom is -0.399 e. The minimum absolute atomic E-state index is 0.470. The summed E-state index contributed by atoms with van der Waals surface area (Å²) in [6.07, 6.45) is -0.687. The summed E-state index contributed by atoms with van der Waals surface area (Å²) in [5.74, 6) is 0. The predicted molar refractivity (Wildman–Crippen MR) is 69.2 cm³/mol. The summed E-state index contributed by atoms with van der Waals surface area (Å²) in [5.41, 5.74) is 0.566. The second-order valence-electron chi connectivity index (χ2n) is 4.37. The van der Waals surface area contributed by atoms with Crippen molar-refractivity contribution in [1.29, 1.82) is 5.26 Å². The highest BCUT2D eigenvalue weighted by atomic mass is 35.5. The van der Waals surface area contributed by atoms with E-state index >= 15 is 0 Å². The lowest BCUT2D eigenvalue weighted by molar-refractivity contribution is 0.255. The van der Waals surface area contributed by atoms with Crippen LogP contribution in [0.2, 0.25) is 29.7 Å². The van der Waals surface area contributed by atoms with E-state index in [1.807, 2.05) is 19.6 Å². The average Bonchev–Trinajstić information content (AvgIpc) is 2.14. The normalized spacial score (nSPS) is 13.2. The molecule has 1 rings (SSSR count). The lowest BCUT2D eigenvalue weighted by Gasteiger charge is -2.23. The van der Waals surface area contributed by atoms with Gasteiger partial charge in [-0.05, 0) is 31.8 Å². The highest BCUT2D eigenvalue weighted by Gasteiger charge is 2.25. The fourth-order valence-corrected chi connectivity index (χ4v) is 2.74. The van der Waals surface area contributed by atoms with Gasteiger partial charge in [-0.25, -0.2) is 0 Å². The van der Waals surface area contributed by atoms with E-state index in [0.717, 1.165) is 0 Å². The van der Waals surface area contributed by atoms with Gasteiger partial charge >= 0.3 is 0 Å². The summed E-state index contributed by atoms with van der Waals surface area (Å²) in [7, 11) is -1.81. The van der Waals surface area contributed by atoms with Crippen LogP contribution < -0.4 is 0 Å². The van der Waals surface area contributed by atoms with Crippen LogP contribution in [0.1, 0.15) is 11.7 Å². The molecule has 2 nitrogen and oxygen atoms in total. The number of halogens is 2. The summed E-state index contributed by atoms with van der Waals surface area (Å²) in [5, 5.41) is 10.1. The van der Waals surface area contributed by atoms with Gasteiger partial charge in [0.1, 0.15) is 0 Å². The van der Waals surface area contributed by atoms with Crippen molar-refractivity contribution in [2.24, 2.45) is 0 Å². The molecule has 0 radical (unpaired) electrons. The van der Waals surface area contributed by atoms with Crippen LogP contribution in [0.15, 0.2) is 18.2 Å². The second kappa shape index (κ2) is 5.20. The summed E-state index contributed by atoms with van der Waals surface area (Å²) in [4.78, 5) is 0. The topological polar surface area (TPSA) is 33.0 Å². The molecule has 0 aliphatic heterocycles. The Labute approximate surface area is 107 Å². The molecule has 0 heterocycles. The third-order valence-electron chi connectivity index (χ3n) is 1.85. The second-order valence-corrected chi connectivity index (χ2v) is 9.65. The van der Waals surface area contributed by atoms with Gasteiger partial charge in [-0.2, -0.15) is 5.26 Å². The van der Waals surface area contributed by atoms with Crippen LogP contribution in [0.25, 0.3) is 0 Å². The Hall–Kier alpha value is -0.533. The van der Waals surface area contributed by atoms with Crippen molar-refractivity contribution in [2.45, 2.75) is 25.7 Å². The van der Waals surface area contributed by atoms with Gasteiger partial charge in [0.05, 0.1) is 6.07 Å². The maximum atomic E-state index is 9.12. The van der Waals surface area contributed by atoms with Gasteiger partial charge in [0, 0.05) is 15.6 Å². The molecule has 0 saturated carbocycles. The fraction of sp³-hybridized carbons (Fsp3) is 0.364. The first-order valence-corrected chi connectivity index (χ1v) is 9.03. The number of benzene rings is 1. The summed E-state index contributed by atoms with van der Waals surface area (Å²) in [6.45, 7) is 6.05. The van der Waals surface area contributed by atoms with Crippen LogP contribution in [0.4, 0.5) is 0 Å². The first-order valence-electron chi connectivity index (χ1n) is 4.86. The Morgan fingerprint density at radius 1 is 1.25 bits per heavy atom. The molecule has 0 bridgehead atoms. The zero-order chi connectivity index (χ0) is 12.3. The van der Waals surface area contributed by atoms with Crippen molar-refractivity contribution < 1.29 is 4.43 Å². The molecule has 5 heteroatoms. The summed E-state index contributed by atoms with van der Waals surface area (Å²) >= 11 is 12.1. The average molecular weight is 274 g/mol. The molecule has 86 valence electrons. The minimum atomic E-state index is -1.81. The molecule has 1 aromatic carbocycles. The number of nitrogens with zero attached hydrogens (tertiary/aromatic N) is 1. The van der Waals surface area contributed by atoms with E-state index in [1.165, 1.54) is 0 Å². The maximum Gasteiger partial charge on any atom is 0.186 e. The Kier molecular flexibility index (Phi) is 4.40. The van der Waals surface area contributed by atoms with E-state index in [4.69, 9.17) is 32.9 Å². The van der Waals surface area contributed by atoms with Crippen LogP contribution in [-0.4, -0.2) is 8.32 Å². The SMILES string of the molecule is C[Si](C)(C)O[C@H](C#N)c1c(Cl)cccc1Cl. The van der Waals surface area contributed by atoms with Gasteiger partial charge in [0.2, 0.25) is 0 Å². The molecule has 0 unspecified atom stereocenters. The molecule has 0 amide bonds. The van der Waals surface area contributed by atoms with Crippen LogP contribution in [-0.2, 0) is 4.43 Å². The molecule has 0 aliphatic rings. The quantitative estimate of drug-likeness (QED) is 0.765. The monoisotopic (exact) mass is 273 g/mol. The van der Waals surface area contributed by atoms with E-state index in [2.05, 4.69) is 6.07 Å². The molecule has 0 N–H and O–H groups in total. The zero-order valence-corrected chi connectivity index (χ0v) is 11.9. The molecule has 0 fully saturated rings. The van der Waals surface area contributed by atoms with Crippen molar-refractivity contribution in [1.82, 2.24) is 0 Å². The first-order chi connectivity index (χ1) is 7.35. The van der Waals surface area contributed by atoms with Crippen molar-refractivity contribution in [3.05, 3.63) is 33.8 Å². The van der Waals surface area contributed by atoms with Crippen molar-refractivity contribution >= 4 is 31.5 Å². The number of nitriles is 1. The highest BCUT2D eigenvalue weighted by Crippen LogP contribution is 2.33. The van der Waals surface area contributed by atoms with E-state index in [1.54, 1.807) is 18.2 Å². The van der Waals surface area contributed by atoms with Crippen LogP contribution in [0, 0.1) is 11.3 Å². The largest absolute Gasteiger partial charge is 0.399 e. The lowest BCUT2D eigenvalue weighted by Crippen LogP contribution is -2.27. The smallest absolute Gasteiger partial charge is 0.186 e. The first kappa shape index (κ1) is 13.5. The Morgan fingerprint density at radius 3 is 2.12 bits per heavy atom.